The fourth-order valence-corrected chi connectivity index (χ4v) is 2.99. The van der Waals surface area contributed by atoms with E-state index in [0.717, 1.165) is 31.6 Å². The van der Waals surface area contributed by atoms with Crippen LogP contribution in [0.25, 0.3) is 0 Å². The molecule has 1 fully saturated rings. The molecule has 0 aromatic heterocycles. The Balaban J connectivity index is 1.66. The van der Waals surface area contributed by atoms with Gasteiger partial charge in [-0.3, -0.25) is 0 Å². The lowest BCUT2D eigenvalue weighted by molar-refractivity contribution is -0.137. The SMILES string of the molecule is CCCCCCCC1COC(c2ccc(OCCCC)cc2)CO1. The van der Waals surface area contributed by atoms with Crippen LogP contribution in [0.2, 0.25) is 0 Å². The molecule has 2 unspecified atom stereocenters. The molecular weight excluding hydrogens is 300 g/mol. The zero-order chi connectivity index (χ0) is 17.0. The molecule has 1 aliphatic rings. The van der Waals surface area contributed by atoms with Crippen molar-refractivity contribution in [2.45, 2.75) is 77.4 Å². The minimum atomic E-state index is 0.0611. The minimum absolute atomic E-state index is 0.0611. The molecule has 0 radical (unpaired) electrons. The molecule has 0 bridgehead atoms. The van der Waals surface area contributed by atoms with Crippen LogP contribution in [0.3, 0.4) is 0 Å². The predicted octanol–water partition coefficient (Wildman–Crippen LogP) is 5.68. The van der Waals surface area contributed by atoms with Gasteiger partial charge in [0.1, 0.15) is 11.9 Å². The maximum atomic E-state index is 6.03. The van der Waals surface area contributed by atoms with Gasteiger partial charge in [0.25, 0.3) is 0 Å². The van der Waals surface area contributed by atoms with Gasteiger partial charge in [-0.2, -0.15) is 0 Å². The molecule has 1 aliphatic heterocycles. The molecule has 0 spiro atoms. The van der Waals surface area contributed by atoms with Crippen molar-refractivity contribution < 1.29 is 14.2 Å². The van der Waals surface area contributed by atoms with Crippen LogP contribution in [0.4, 0.5) is 0 Å². The van der Waals surface area contributed by atoms with E-state index < -0.39 is 0 Å². The highest BCUT2D eigenvalue weighted by Crippen LogP contribution is 2.26. The molecule has 3 heteroatoms. The van der Waals surface area contributed by atoms with Crippen LogP contribution >= 0.6 is 0 Å². The van der Waals surface area contributed by atoms with E-state index in [1.807, 2.05) is 12.1 Å². The van der Waals surface area contributed by atoms with E-state index in [9.17, 15) is 0 Å². The Kier molecular flexibility index (Phi) is 9.22. The van der Waals surface area contributed by atoms with Crippen LogP contribution in [0.15, 0.2) is 24.3 Å². The zero-order valence-electron chi connectivity index (χ0n) is 15.5. The maximum Gasteiger partial charge on any atom is 0.119 e. The van der Waals surface area contributed by atoms with Gasteiger partial charge in [-0.25, -0.2) is 0 Å². The fraction of sp³-hybridized carbons (Fsp3) is 0.714. The Morgan fingerprint density at radius 1 is 0.875 bits per heavy atom. The Morgan fingerprint density at radius 3 is 2.29 bits per heavy atom. The minimum Gasteiger partial charge on any atom is -0.494 e. The quantitative estimate of drug-likeness (QED) is 0.487. The van der Waals surface area contributed by atoms with Gasteiger partial charge in [0.2, 0.25) is 0 Å². The third kappa shape index (κ3) is 6.82. The van der Waals surface area contributed by atoms with Gasteiger partial charge in [-0.1, -0.05) is 64.5 Å². The second kappa shape index (κ2) is 11.5. The van der Waals surface area contributed by atoms with Crippen molar-refractivity contribution in [3.05, 3.63) is 29.8 Å². The Morgan fingerprint density at radius 2 is 1.62 bits per heavy atom. The molecule has 2 rings (SSSR count). The van der Waals surface area contributed by atoms with Crippen molar-refractivity contribution in [3.8, 4) is 5.75 Å². The molecule has 2 atom stereocenters. The van der Waals surface area contributed by atoms with Crippen LogP contribution < -0.4 is 4.74 Å². The molecule has 3 nitrogen and oxygen atoms in total. The van der Waals surface area contributed by atoms with Gasteiger partial charge in [-0.15, -0.1) is 0 Å². The number of unbranched alkanes of at least 4 members (excludes halogenated alkanes) is 5. The van der Waals surface area contributed by atoms with E-state index >= 15 is 0 Å². The third-order valence-corrected chi connectivity index (χ3v) is 4.61. The summed E-state index contributed by atoms with van der Waals surface area (Å²) in [6, 6.07) is 8.27. The molecule has 0 amide bonds. The summed E-state index contributed by atoms with van der Waals surface area (Å²) in [5.74, 6) is 0.939. The van der Waals surface area contributed by atoms with Gasteiger partial charge < -0.3 is 14.2 Å². The van der Waals surface area contributed by atoms with Crippen LogP contribution in [0, 0.1) is 0 Å². The van der Waals surface area contributed by atoms with Crippen molar-refractivity contribution in [2.24, 2.45) is 0 Å². The normalized spacial score (nSPS) is 20.9. The molecule has 1 aromatic rings. The van der Waals surface area contributed by atoms with Crippen molar-refractivity contribution in [1.82, 2.24) is 0 Å². The standard InChI is InChI=1S/C21H34O3/c1-3-5-7-8-9-10-20-16-24-21(17-23-20)18-11-13-19(14-12-18)22-15-6-4-2/h11-14,20-21H,3-10,15-17H2,1-2H3. The Bertz CT molecular complexity index is 421. The average Bonchev–Trinajstić information content (AvgIpc) is 2.63. The van der Waals surface area contributed by atoms with E-state index in [4.69, 9.17) is 14.2 Å². The van der Waals surface area contributed by atoms with Crippen molar-refractivity contribution in [3.63, 3.8) is 0 Å². The molecule has 1 heterocycles. The number of hydrogen-bond acceptors (Lipinski definition) is 3. The van der Waals surface area contributed by atoms with E-state index in [2.05, 4.69) is 26.0 Å². The first-order chi connectivity index (χ1) is 11.8. The van der Waals surface area contributed by atoms with E-state index in [1.165, 1.54) is 37.7 Å². The van der Waals surface area contributed by atoms with Gasteiger partial charge in [0, 0.05) is 0 Å². The van der Waals surface area contributed by atoms with Crippen LogP contribution in [0.1, 0.15) is 76.9 Å². The molecule has 1 saturated heterocycles. The van der Waals surface area contributed by atoms with Crippen molar-refractivity contribution in [2.75, 3.05) is 19.8 Å². The number of rotatable bonds is 11. The lowest BCUT2D eigenvalue weighted by Crippen LogP contribution is -2.31. The second-order valence-electron chi connectivity index (χ2n) is 6.75. The number of hydrogen-bond donors (Lipinski definition) is 0. The molecule has 0 N–H and O–H groups in total. The zero-order valence-corrected chi connectivity index (χ0v) is 15.5. The molecule has 0 saturated carbocycles. The molecule has 136 valence electrons. The highest BCUT2D eigenvalue weighted by Gasteiger charge is 2.23. The third-order valence-electron chi connectivity index (χ3n) is 4.61. The summed E-state index contributed by atoms with van der Waals surface area (Å²) in [5.41, 5.74) is 1.18. The molecular formula is C21H34O3. The first kappa shape index (κ1) is 19.3. The van der Waals surface area contributed by atoms with Gasteiger partial charge in [-0.05, 0) is 30.5 Å². The predicted molar refractivity (Wildman–Crippen MR) is 98.7 cm³/mol. The maximum absolute atomic E-state index is 6.03. The van der Waals surface area contributed by atoms with E-state index in [-0.39, 0.29) is 12.2 Å². The van der Waals surface area contributed by atoms with Crippen LogP contribution in [-0.4, -0.2) is 25.9 Å². The summed E-state index contributed by atoms with van der Waals surface area (Å²) >= 11 is 0. The van der Waals surface area contributed by atoms with Crippen molar-refractivity contribution >= 4 is 0 Å². The lowest BCUT2D eigenvalue weighted by atomic mass is 10.1. The smallest absolute Gasteiger partial charge is 0.119 e. The Hall–Kier alpha value is -1.06. The number of benzene rings is 1. The molecule has 1 aromatic carbocycles. The van der Waals surface area contributed by atoms with E-state index in [1.54, 1.807) is 0 Å². The summed E-state index contributed by atoms with van der Waals surface area (Å²) in [7, 11) is 0. The van der Waals surface area contributed by atoms with E-state index in [0.29, 0.717) is 13.2 Å². The first-order valence-electron chi connectivity index (χ1n) is 9.79. The summed E-state index contributed by atoms with van der Waals surface area (Å²) in [6.45, 7) is 6.59. The highest BCUT2D eigenvalue weighted by atomic mass is 16.6. The summed E-state index contributed by atoms with van der Waals surface area (Å²) in [4.78, 5) is 0. The van der Waals surface area contributed by atoms with Gasteiger partial charge >= 0.3 is 0 Å². The highest BCUT2D eigenvalue weighted by molar-refractivity contribution is 5.28. The first-order valence-corrected chi connectivity index (χ1v) is 9.79. The van der Waals surface area contributed by atoms with Crippen LogP contribution in [0.5, 0.6) is 5.75 Å². The van der Waals surface area contributed by atoms with Gasteiger partial charge in [0.15, 0.2) is 0 Å². The monoisotopic (exact) mass is 334 g/mol. The summed E-state index contributed by atoms with van der Waals surface area (Å²) < 4.78 is 17.7. The largest absolute Gasteiger partial charge is 0.494 e. The number of ether oxygens (including phenoxy) is 3. The Labute approximate surface area is 147 Å². The average molecular weight is 335 g/mol. The molecule has 24 heavy (non-hydrogen) atoms. The summed E-state index contributed by atoms with van der Waals surface area (Å²) in [6.07, 6.45) is 10.3. The fourth-order valence-electron chi connectivity index (χ4n) is 2.99. The van der Waals surface area contributed by atoms with Gasteiger partial charge in [0.05, 0.1) is 25.9 Å². The second-order valence-corrected chi connectivity index (χ2v) is 6.75. The topological polar surface area (TPSA) is 27.7 Å². The summed E-state index contributed by atoms with van der Waals surface area (Å²) in [5, 5.41) is 0. The van der Waals surface area contributed by atoms with Crippen molar-refractivity contribution in [1.29, 1.82) is 0 Å². The van der Waals surface area contributed by atoms with Crippen LogP contribution in [-0.2, 0) is 9.47 Å². The molecule has 0 aliphatic carbocycles. The lowest BCUT2D eigenvalue weighted by Gasteiger charge is -2.30.